The minimum atomic E-state index is -0.818. The molecule has 2 aliphatic rings. The Labute approximate surface area is 161 Å². The average molecular weight is 391 g/mol. The maximum atomic E-state index is 13.5. The van der Waals surface area contributed by atoms with Crippen LogP contribution in [0.25, 0.3) is 0 Å². The lowest BCUT2D eigenvalue weighted by Crippen LogP contribution is -2.43. The molecule has 7 heteroatoms. The lowest BCUT2D eigenvalue weighted by atomic mass is 9.90. The third-order valence-electron chi connectivity index (χ3n) is 5.37. The van der Waals surface area contributed by atoms with Gasteiger partial charge in [0.05, 0.1) is 6.04 Å². The zero-order valence-electron chi connectivity index (χ0n) is 15.0. The SMILES string of the molecule is O=C(N[C@@H](c1nccs1)[C@H]1CCCN(Cc2ccc(F)c(F)c2)C1)C1CC1. The van der Waals surface area contributed by atoms with Gasteiger partial charge in [-0.3, -0.25) is 9.69 Å². The Bertz CT molecular complexity index is 795. The highest BCUT2D eigenvalue weighted by molar-refractivity contribution is 7.09. The molecule has 4 rings (SSSR count). The molecule has 27 heavy (non-hydrogen) atoms. The molecule has 0 unspecified atom stereocenters. The molecule has 2 aromatic rings. The number of likely N-dealkylation sites (tertiary alicyclic amines) is 1. The van der Waals surface area contributed by atoms with Crippen LogP contribution in [0.1, 0.15) is 42.3 Å². The number of aromatic nitrogens is 1. The van der Waals surface area contributed by atoms with E-state index in [4.69, 9.17) is 0 Å². The van der Waals surface area contributed by atoms with Gasteiger partial charge in [-0.2, -0.15) is 0 Å². The second-order valence-corrected chi connectivity index (χ2v) is 8.44. The highest BCUT2D eigenvalue weighted by Crippen LogP contribution is 2.34. The fraction of sp³-hybridized carbons (Fsp3) is 0.500. The third kappa shape index (κ3) is 4.52. The van der Waals surface area contributed by atoms with Gasteiger partial charge in [0.25, 0.3) is 0 Å². The summed E-state index contributed by atoms with van der Waals surface area (Å²) in [5.41, 5.74) is 0.766. The van der Waals surface area contributed by atoms with E-state index in [1.807, 2.05) is 5.38 Å². The number of nitrogens with one attached hydrogen (secondary N) is 1. The number of halogens is 2. The molecule has 0 radical (unpaired) electrons. The molecular weight excluding hydrogens is 368 g/mol. The van der Waals surface area contributed by atoms with Crippen molar-refractivity contribution in [3.05, 3.63) is 52.0 Å². The first-order chi connectivity index (χ1) is 13.1. The highest BCUT2D eigenvalue weighted by Gasteiger charge is 2.36. The molecule has 1 aromatic carbocycles. The van der Waals surface area contributed by atoms with Gasteiger partial charge in [-0.05, 0) is 55.8 Å². The maximum Gasteiger partial charge on any atom is 0.223 e. The normalized spacial score (nSPS) is 21.8. The summed E-state index contributed by atoms with van der Waals surface area (Å²) in [4.78, 5) is 19.1. The first kappa shape index (κ1) is 18.5. The highest BCUT2D eigenvalue weighted by atomic mass is 32.1. The van der Waals surface area contributed by atoms with Gasteiger partial charge in [0.1, 0.15) is 5.01 Å². The Balaban J connectivity index is 1.45. The Hall–Kier alpha value is -1.86. The second-order valence-electron chi connectivity index (χ2n) is 7.52. The van der Waals surface area contributed by atoms with Gasteiger partial charge in [0, 0.05) is 30.6 Å². The molecule has 1 aromatic heterocycles. The van der Waals surface area contributed by atoms with Crippen molar-refractivity contribution in [2.24, 2.45) is 11.8 Å². The molecule has 1 aliphatic carbocycles. The topological polar surface area (TPSA) is 45.2 Å². The van der Waals surface area contributed by atoms with Crippen LogP contribution in [0.2, 0.25) is 0 Å². The van der Waals surface area contributed by atoms with Gasteiger partial charge in [-0.25, -0.2) is 13.8 Å². The van der Waals surface area contributed by atoms with E-state index < -0.39 is 11.6 Å². The number of piperidine rings is 1. The molecular formula is C20H23F2N3OS. The Kier molecular flexibility index (Phi) is 5.50. The van der Waals surface area contributed by atoms with Crippen molar-refractivity contribution in [3.8, 4) is 0 Å². The summed E-state index contributed by atoms with van der Waals surface area (Å²) in [6, 6.07) is 4.01. The van der Waals surface area contributed by atoms with E-state index in [2.05, 4.69) is 15.2 Å². The van der Waals surface area contributed by atoms with Crippen molar-refractivity contribution in [2.45, 2.75) is 38.3 Å². The molecule has 1 N–H and O–H groups in total. The number of hydrogen-bond donors (Lipinski definition) is 1. The lowest BCUT2D eigenvalue weighted by Gasteiger charge is -2.36. The van der Waals surface area contributed by atoms with Gasteiger partial charge >= 0.3 is 0 Å². The van der Waals surface area contributed by atoms with Gasteiger partial charge in [0.2, 0.25) is 5.91 Å². The number of hydrogen-bond acceptors (Lipinski definition) is 4. The molecule has 2 heterocycles. The molecule has 1 saturated heterocycles. The molecule has 0 spiro atoms. The van der Waals surface area contributed by atoms with Crippen LogP contribution in [0.4, 0.5) is 8.78 Å². The molecule has 2 fully saturated rings. The quantitative estimate of drug-likeness (QED) is 0.812. The summed E-state index contributed by atoms with van der Waals surface area (Å²) < 4.78 is 26.7. The van der Waals surface area contributed by atoms with E-state index in [-0.39, 0.29) is 23.8 Å². The zero-order chi connectivity index (χ0) is 18.8. The van der Waals surface area contributed by atoms with Crippen LogP contribution in [0, 0.1) is 23.5 Å². The maximum absolute atomic E-state index is 13.5. The van der Waals surface area contributed by atoms with Gasteiger partial charge in [0.15, 0.2) is 11.6 Å². The fourth-order valence-corrected chi connectivity index (χ4v) is 4.57. The van der Waals surface area contributed by atoms with E-state index in [9.17, 15) is 13.6 Å². The third-order valence-corrected chi connectivity index (χ3v) is 6.23. The van der Waals surface area contributed by atoms with Crippen LogP contribution in [-0.2, 0) is 11.3 Å². The van der Waals surface area contributed by atoms with E-state index in [1.54, 1.807) is 23.6 Å². The van der Waals surface area contributed by atoms with Crippen molar-refractivity contribution in [3.63, 3.8) is 0 Å². The van der Waals surface area contributed by atoms with E-state index in [0.717, 1.165) is 49.3 Å². The van der Waals surface area contributed by atoms with Gasteiger partial charge in [-0.15, -0.1) is 11.3 Å². The van der Waals surface area contributed by atoms with Crippen LogP contribution in [0.15, 0.2) is 29.8 Å². The first-order valence-corrected chi connectivity index (χ1v) is 10.3. The molecule has 0 bridgehead atoms. The molecule has 1 saturated carbocycles. The van der Waals surface area contributed by atoms with Crippen LogP contribution in [-0.4, -0.2) is 28.9 Å². The smallest absolute Gasteiger partial charge is 0.223 e. The molecule has 144 valence electrons. The monoisotopic (exact) mass is 391 g/mol. The predicted octanol–water partition coefficient (Wildman–Crippen LogP) is 3.90. The minimum Gasteiger partial charge on any atom is -0.346 e. The second kappa shape index (κ2) is 8.02. The van der Waals surface area contributed by atoms with Gasteiger partial charge < -0.3 is 5.32 Å². The van der Waals surface area contributed by atoms with Crippen LogP contribution < -0.4 is 5.32 Å². The summed E-state index contributed by atoms with van der Waals surface area (Å²) in [5.74, 6) is -1.07. The van der Waals surface area contributed by atoms with E-state index in [1.165, 1.54) is 12.1 Å². The number of amides is 1. The van der Waals surface area contributed by atoms with Crippen molar-refractivity contribution >= 4 is 17.2 Å². The summed E-state index contributed by atoms with van der Waals surface area (Å²) in [5, 5.41) is 6.11. The molecule has 1 amide bonds. The van der Waals surface area contributed by atoms with Crippen molar-refractivity contribution in [2.75, 3.05) is 13.1 Å². The van der Waals surface area contributed by atoms with Crippen LogP contribution in [0.3, 0.4) is 0 Å². The van der Waals surface area contributed by atoms with E-state index >= 15 is 0 Å². The van der Waals surface area contributed by atoms with Crippen LogP contribution in [0.5, 0.6) is 0 Å². The van der Waals surface area contributed by atoms with Crippen molar-refractivity contribution < 1.29 is 13.6 Å². The minimum absolute atomic E-state index is 0.0779. The summed E-state index contributed by atoms with van der Waals surface area (Å²) in [7, 11) is 0. The molecule has 2 atom stereocenters. The Morgan fingerprint density at radius 2 is 2.15 bits per heavy atom. The number of benzene rings is 1. The number of carbonyl (C=O) groups excluding carboxylic acids is 1. The molecule has 1 aliphatic heterocycles. The average Bonchev–Trinajstić information content (AvgIpc) is 3.38. The largest absolute Gasteiger partial charge is 0.346 e. The fourth-order valence-electron chi connectivity index (χ4n) is 3.79. The van der Waals surface area contributed by atoms with Crippen LogP contribution >= 0.6 is 11.3 Å². The zero-order valence-corrected chi connectivity index (χ0v) is 15.9. The summed E-state index contributed by atoms with van der Waals surface area (Å²) in [6.45, 7) is 2.29. The predicted molar refractivity (Wildman–Crippen MR) is 100 cm³/mol. The standard InChI is InChI=1S/C20H23F2N3OS/c21-16-6-3-13(10-17(16)22)11-25-8-1-2-15(12-25)18(20-23-7-9-27-20)24-19(26)14-4-5-14/h3,6-7,9-10,14-15,18H,1-2,4-5,8,11-12H2,(H,24,26)/t15-,18+/m0/s1. The lowest BCUT2D eigenvalue weighted by molar-refractivity contribution is -0.123. The van der Waals surface area contributed by atoms with Crippen molar-refractivity contribution in [1.29, 1.82) is 0 Å². The number of thiazole rings is 1. The summed E-state index contributed by atoms with van der Waals surface area (Å²) in [6.07, 6.45) is 5.75. The Morgan fingerprint density at radius 1 is 1.30 bits per heavy atom. The summed E-state index contributed by atoms with van der Waals surface area (Å²) >= 11 is 1.57. The van der Waals surface area contributed by atoms with Crippen molar-refractivity contribution in [1.82, 2.24) is 15.2 Å². The Morgan fingerprint density at radius 3 is 2.85 bits per heavy atom. The van der Waals surface area contributed by atoms with Gasteiger partial charge in [-0.1, -0.05) is 6.07 Å². The number of rotatable bonds is 6. The first-order valence-electron chi connectivity index (χ1n) is 9.46. The number of carbonyl (C=O) groups is 1. The molecule has 4 nitrogen and oxygen atoms in total. The van der Waals surface area contributed by atoms with E-state index in [0.29, 0.717) is 6.54 Å². The number of nitrogens with zero attached hydrogens (tertiary/aromatic N) is 2.